The molecule has 2 heterocycles. The van der Waals surface area contributed by atoms with Crippen molar-refractivity contribution in [1.29, 1.82) is 0 Å². The van der Waals surface area contributed by atoms with Gasteiger partial charge in [0.15, 0.2) is 9.84 Å². The van der Waals surface area contributed by atoms with Gasteiger partial charge in [-0.25, -0.2) is 13.4 Å². The number of rotatable bonds is 2. The van der Waals surface area contributed by atoms with Crippen molar-refractivity contribution in [2.75, 3.05) is 29.2 Å². The highest BCUT2D eigenvalue weighted by Gasteiger charge is 2.32. The van der Waals surface area contributed by atoms with Gasteiger partial charge < -0.3 is 4.90 Å². The number of hydrogen-bond donors (Lipinski definition) is 0. The third-order valence-electron chi connectivity index (χ3n) is 2.91. The monoisotopic (exact) mass is 350 g/mol. The fourth-order valence-electron chi connectivity index (χ4n) is 1.90. The van der Waals surface area contributed by atoms with Gasteiger partial charge in [-0.1, -0.05) is 0 Å². The average Bonchev–Trinajstić information content (AvgIpc) is 2.32. The van der Waals surface area contributed by atoms with E-state index in [0.29, 0.717) is 12.3 Å². The highest BCUT2D eigenvalue weighted by molar-refractivity contribution is 9.10. The molecule has 100 valence electrons. The summed E-state index contributed by atoms with van der Waals surface area (Å²) in [7, 11) is -3.11. The van der Waals surface area contributed by atoms with Crippen LogP contribution in [0.15, 0.2) is 16.7 Å². The Morgan fingerprint density at radius 2 is 2.28 bits per heavy atom. The topological polar surface area (TPSA) is 50.3 Å². The molecule has 1 unspecified atom stereocenters. The smallest absolute Gasteiger partial charge is 0.169 e. The van der Waals surface area contributed by atoms with Crippen molar-refractivity contribution in [2.45, 2.75) is 12.3 Å². The molecule has 18 heavy (non-hydrogen) atoms. The molecule has 7 heteroatoms. The Balaban J connectivity index is 2.43. The van der Waals surface area contributed by atoms with E-state index in [0.717, 1.165) is 21.6 Å². The van der Waals surface area contributed by atoms with E-state index >= 15 is 0 Å². The van der Waals surface area contributed by atoms with Crippen molar-refractivity contribution in [1.82, 2.24) is 4.98 Å². The van der Waals surface area contributed by atoms with E-state index in [1.165, 1.54) is 6.26 Å². The Morgan fingerprint density at radius 1 is 1.56 bits per heavy atom. The highest BCUT2D eigenvalue weighted by atomic mass is 79.9. The number of hydrogen-bond acceptors (Lipinski definition) is 5. The van der Waals surface area contributed by atoms with E-state index in [4.69, 9.17) is 0 Å². The minimum absolute atomic E-state index is 0.484. The van der Waals surface area contributed by atoms with Crippen LogP contribution in [0.3, 0.4) is 0 Å². The number of pyridine rings is 1. The number of sulfone groups is 1. The summed E-state index contributed by atoms with van der Waals surface area (Å²) in [5, 5.41) is -0.484. The van der Waals surface area contributed by atoms with Crippen LogP contribution < -0.4 is 4.90 Å². The Hall–Kier alpha value is -0.270. The van der Waals surface area contributed by atoms with Gasteiger partial charge >= 0.3 is 0 Å². The maximum absolute atomic E-state index is 11.9. The Labute approximate surface area is 120 Å². The van der Waals surface area contributed by atoms with Crippen LogP contribution in [0.1, 0.15) is 5.56 Å². The van der Waals surface area contributed by atoms with Gasteiger partial charge in [-0.15, -0.1) is 0 Å². The summed E-state index contributed by atoms with van der Waals surface area (Å²) < 4.78 is 24.6. The second-order valence-electron chi connectivity index (χ2n) is 4.32. The molecule has 2 rings (SSSR count). The summed E-state index contributed by atoms with van der Waals surface area (Å²) in [4.78, 5) is 6.22. The van der Waals surface area contributed by atoms with E-state index in [1.54, 1.807) is 18.0 Å². The molecule has 0 radical (unpaired) electrons. The molecule has 1 fully saturated rings. The van der Waals surface area contributed by atoms with Gasteiger partial charge in [0, 0.05) is 30.5 Å². The van der Waals surface area contributed by atoms with E-state index < -0.39 is 15.2 Å². The molecule has 1 aromatic rings. The predicted molar refractivity (Wildman–Crippen MR) is 80.0 cm³/mol. The summed E-state index contributed by atoms with van der Waals surface area (Å²) in [6.07, 6.45) is 3.01. The van der Waals surface area contributed by atoms with Gasteiger partial charge in [-0.3, -0.25) is 0 Å². The van der Waals surface area contributed by atoms with Crippen LogP contribution >= 0.6 is 27.7 Å². The lowest BCUT2D eigenvalue weighted by atomic mass is 10.3. The fraction of sp³-hybridized carbons (Fsp3) is 0.545. The fourth-order valence-corrected chi connectivity index (χ4v) is 5.19. The first-order valence-electron chi connectivity index (χ1n) is 5.55. The zero-order chi connectivity index (χ0) is 13.3. The minimum atomic E-state index is -3.11. The summed E-state index contributed by atoms with van der Waals surface area (Å²) in [5.74, 6) is 2.25. The molecule has 0 amide bonds. The van der Waals surface area contributed by atoms with E-state index in [9.17, 15) is 8.42 Å². The largest absolute Gasteiger partial charge is 0.337 e. The van der Waals surface area contributed by atoms with Crippen molar-refractivity contribution >= 4 is 43.3 Å². The van der Waals surface area contributed by atoms with Gasteiger partial charge in [0.2, 0.25) is 0 Å². The quantitative estimate of drug-likeness (QED) is 0.817. The molecule has 0 aliphatic carbocycles. The first kappa shape index (κ1) is 14.1. The number of aromatic nitrogens is 1. The molecule has 4 nitrogen and oxygen atoms in total. The molecule has 0 N–H and O–H groups in total. The summed E-state index contributed by atoms with van der Waals surface area (Å²) in [6, 6.07) is 1.90. The average molecular weight is 351 g/mol. The zero-order valence-electron chi connectivity index (χ0n) is 10.3. The van der Waals surface area contributed by atoms with Gasteiger partial charge in [-0.2, -0.15) is 11.8 Å². The van der Waals surface area contributed by atoms with E-state index in [-0.39, 0.29) is 0 Å². The van der Waals surface area contributed by atoms with Crippen LogP contribution in [-0.4, -0.2) is 43.1 Å². The molecule has 0 aromatic carbocycles. The van der Waals surface area contributed by atoms with Crippen LogP contribution in [0.25, 0.3) is 0 Å². The van der Waals surface area contributed by atoms with Crippen molar-refractivity contribution < 1.29 is 8.42 Å². The highest BCUT2D eigenvalue weighted by Crippen LogP contribution is 2.32. The molecular formula is C11H15BrN2O2S2. The lowest BCUT2D eigenvalue weighted by molar-refractivity contribution is 0.583. The molecule has 0 bridgehead atoms. The Morgan fingerprint density at radius 3 is 2.94 bits per heavy atom. The number of anilines is 1. The third-order valence-corrected chi connectivity index (χ3v) is 6.54. The maximum atomic E-state index is 11.9. The number of nitrogens with zero attached hydrogens (tertiary/aromatic N) is 2. The second kappa shape index (κ2) is 5.38. The molecular weight excluding hydrogens is 336 g/mol. The molecule has 0 spiro atoms. The standard InChI is InChI=1S/C11H15BrN2O2S2/c1-8-3-4-13-11(10(8)12)14-5-6-17-7-9(14)18(2,15)16/h3-4,9H,5-7H2,1-2H3. The van der Waals surface area contributed by atoms with Gasteiger partial charge in [0.1, 0.15) is 11.2 Å². The number of halogens is 1. The lowest BCUT2D eigenvalue weighted by Crippen LogP contribution is -2.47. The van der Waals surface area contributed by atoms with Gasteiger partial charge in [-0.05, 0) is 34.5 Å². The minimum Gasteiger partial charge on any atom is -0.337 e. The molecule has 0 saturated carbocycles. The normalized spacial score (nSPS) is 21.1. The van der Waals surface area contributed by atoms with Crippen LogP contribution in [0.5, 0.6) is 0 Å². The maximum Gasteiger partial charge on any atom is 0.169 e. The van der Waals surface area contributed by atoms with E-state index in [1.807, 2.05) is 17.9 Å². The predicted octanol–water partition coefficient (Wildman–Crippen LogP) is 2.08. The van der Waals surface area contributed by atoms with Crippen LogP contribution in [-0.2, 0) is 9.84 Å². The van der Waals surface area contributed by atoms with Crippen molar-refractivity contribution in [3.63, 3.8) is 0 Å². The molecule has 1 aliphatic rings. The lowest BCUT2D eigenvalue weighted by Gasteiger charge is -2.35. The Kier molecular flexibility index (Phi) is 4.23. The summed E-state index contributed by atoms with van der Waals surface area (Å²) in [6.45, 7) is 2.68. The molecule has 1 aliphatic heterocycles. The first-order valence-corrected chi connectivity index (χ1v) is 9.46. The zero-order valence-corrected chi connectivity index (χ0v) is 13.5. The van der Waals surface area contributed by atoms with Crippen molar-refractivity contribution in [3.8, 4) is 0 Å². The van der Waals surface area contributed by atoms with Crippen molar-refractivity contribution in [2.24, 2.45) is 0 Å². The van der Waals surface area contributed by atoms with Gasteiger partial charge in [0.25, 0.3) is 0 Å². The summed E-state index contributed by atoms with van der Waals surface area (Å²) in [5.41, 5.74) is 1.06. The molecule has 1 atom stereocenters. The number of thioether (sulfide) groups is 1. The summed E-state index contributed by atoms with van der Waals surface area (Å²) >= 11 is 5.18. The van der Waals surface area contributed by atoms with E-state index in [2.05, 4.69) is 20.9 Å². The molecule has 1 aromatic heterocycles. The first-order chi connectivity index (χ1) is 8.41. The SMILES string of the molecule is Cc1ccnc(N2CCSCC2S(C)(=O)=O)c1Br. The third kappa shape index (κ3) is 2.83. The Bertz CT molecular complexity index is 548. The number of aryl methyl sites for hydroxylation is 1. The van der Waals surface area contributed by atoms with Crippen LogP contribution in [0, 0.1) is 6.92 Å². The molecule has 1 saturated heterocycles. The van der Waals surface area contributed by atoms with Crippen molar-refractivity contribution in [3.05, 3.63) is 22.3 Å². The van der Waals surface area contributed by atoms with Crippen LogP contribution in [0.2, 0.25) is 0 Å². The van der Waals surface area contributed by atoms with Crippen LogP contribution in [0.4, 0.5) is 5.82 Å². The van der Waals surface area contributed by atoms with Gasteiger partial charge in [0.05, 0.1) is 4.47 Å². The second-order valence-corrected chi connectivity index (χ2v) is 8.46.